The van der Waals surface area contributed by atoms with E-state index in [4.69, 9.17) is 17.3 Å². The molecule has 0 unspecified atom stereocenters. The number of hydrogen-bond acceptors (Lipinski definition) is 4. The fraction of sp³-hybridized carbons (Fsp3) is 0.222. The molecule has 1 aromatic carbocycles. The number of nitro benzene ring substituents is 1. The Morgan fingerprint density at radius 3 is 2.75 bits per heavy atom. The first kappa shape index (κ1) is 12.3. The Morgan fingerprint density at radius 2 is 2.25 bits per heavy atom. The summed E-state index contributed by atoms with van der Waals surface area (Å²) in [5.74, 6) is -0.572. The van der Waals surface area contributed by atoms with Crippen LogP contribution in [0.2, 0.25) is 5.02 Å². The first-order valence-corrected chi connectivity index (χ1v) is 4.73. The number of hydrogen-bond donors (Lipinski definition) is 1. The van der Waals surface area contributed by atoms with Crippen LogP contribution in [-0.4, -0.2) is 24.4 Å². The van der Waals surface area contributed by atoms with Crippen molar-refractivity contribution in [2.75, 3.05) is 18.5 Å². The van der Waals surface area contributed by atoms with E-state index in [2.05, 4.69) is 0 Å². The summed E-state index contributed by atoms with van der Waals surface area (Å²) in [6.45, 7) is -0.110. The van der Waals surface area contributed by atoms with E-state index >= 15 is 0 Å². The summed E-state index contributed by atoms with van der Waals surface area (Å²) in [5, 5.41) is 10.8. The molecule has 0 heterocycles. The Bertz CT molecular complexity index is 436. The number of para-hydroxylation sites is 1. The standard InChI is InChI=1S/C9H10ClN3O3/c1-12(5-8(11)14)7-4-2-3-6(10)9(7)13(15)16/h2-4H,5H2,1H3,(H2,11,14). The number of anilines is 1. The van der Waals surface area contributed by atoms with Gasteiger partial charge in [0.2, 0.25) is 5.91 Å². The van der Waals surface area contributed by atoms with E-state index < -0.39 is 10.8 Å². The molecule has 2 N–H and O–H groups in total. The van der Waals surface area contributed by atoms with Crippen LogP contribution in [-0.2, 0) is 4.79 Å². The van der Waals surface area contributed by atoms with Crippen molar-refractivity contribution in [3.8, 4) is 0 Å². The van der Waals surface area contributed by atoms with Crippen molar-refractivity contribution in [1.29, 1.82) is 0 Å². The molecule has 0 bridgehead atoms. The van der Waals surface area contributed by atoms with Crippen LogP contribution < -0.4 is 10.6 Å². The number of amides is 1. The smallest absolute Gasteiger partial charge is 0.310 e. The molecule has 86 valence electrons. The minimum Gasteiger partial charge on any atom is -0.368 e. The number of nitrogens with zero attached hydrogens (tertiary/aromatic N) is 2. The summed E-state index contributed by atoms with van der Waals surface area (Å²) in [5.41, 5.74) is 5.04. The first-order valence-electron chi connectivity index (χ1n) is 4.36. The largest absolute Gasteiger partial charge is 0.368 e. The van der Waals surface area contributed by atoms with Gasteiger partial charge in [-0.2, -0.15) is 0 Å². The number of nitro groups is 1. The minimum absolute atomic E-state index is 0.0267. The van der Waals surface area contributed by atoms with Crippen molar-refractivity contribution in [3.63, 3.8) is 0 Å². The molecule has 0 aromatic heterocycles. The zero-order valence-electron chi connectivity index (χ0n) is 8.51. The molecule has 0 spiro atoms. The molecule has 0 atom stereocenters. The third-order valence-corrected chi connectivity index (χ3v) is 2.26. The highest BCUT2D eigenvalue weighted by atomic mass is 35.5. The second-order valence-electron chi connectivity index (χ2n) is 3.19. The molecular weight excluding hydrogens is 234 g/mol. The van der Waals surface area contributed by atoms with Gasteiger partial charge in [-0.1, -0.05) is 17.7 Å². The van der Waals surface area contributed by atoms with Gasteiger partial charge in [-0.25, -0.2) is 0 Å². The van der Waals surface area contributed by atoms with Gasteiger partial charge < -0.3 is 10.6 Å². The molecule has 0 radical (unpaired) electrons. The minimum atomic E-state index is -0.588. The summed E-state index contributed by atoms with van der Waals surface area (Å²) in [6, 6.07) is 4.50. The topological polar surface area (TPSA) is 89.5 Å². The van der Waals surface area contributed by atoms with Crippen molar-refractivity contribution < 1.29 is 9.72 Å². The van der Waals surface area contributed by atoms with E-state index in [-0.39, 0.29) is 22.9 Å². The zero-order chi connectivity index (χ0) is 12.3. The van der Waals surface area contributed by atoms with Crippen molar-refractivity contribution >= 4 is 28.9 Å². The number of rotatable bonds is 4. The molecule has 0 aliphatic heterocycles. The third-order valence-electron chi connectivity index (χ3n) is 1.95. The number of likely N-dealkylation sites (N-methyl/N-ethyl adjacent to an activating group) is 1. The lowest BCUT2D eigenvalue weighted by atomic mass is 10.2. The van der Waals surface area contributed by atoms with E-state index in [1.165, 1.54) is 24.1 Å². The van der Waals surface area contributed by atoms with E-state index in [1.807, 2.05) is 0 Å². The lowest BCUT2D eigenvalue weighted by molar-refractivity contribution is -0.384. The first-order chi connectivity index (χ1) is 7.43. The summed E-state index contributed by atoms with van der Waals surface area (Å²) in [6.07, 6.45) is 0. The number of benzene rings is 1. The third kappa shape index (κ3) is 2.60. The lowest BCUT2D eigenvalue weighted by Gasteiger charge is -2.17. The van der Waals surface area contributed by atoms with Crippen LogP contribution in [0.5, 0.6) is 0 Å². The number of primary amides is 1. The van der Waals surface area contributed by atoms with Crippen LogP contribution in [0.25, 0.3) is 0 Å². The molecule has 0 aliphatic rings. The van der Waals surface area contributed by atoms with Gasteiger partial charge in [0.1, 0.15) is 10.7 Å². The fourth-order valence-corrected chi connectivity index (χ4v) is 1.55. The van der Waals surface area contributed by atoms with Gasteiger partial charge >= 0.3 is 5.69 Å². The van der Waals surface area contributed by atoms with Crippen LogP contribution in [0.4, 0.5) is 11.4 Å². The second-order valence-corrected chi connectivity index (χ2v) is 3.59. The van der Waals surface area contributed by atoms with Crippen LogP contribution in [0.1, 0.15) is 0 Å². The van der Waals surface area contributed by atoms with Gasteiger partial charge in [-0.15, -0.1) is 0 Å². The second kappa shape index (κ2) is 4.80. The van der Waals surface area contributed by atoms with Crippen molar-refractivity contribution in [3.05, 3.63) is 33.3 Å². The summed E-state index contributed by atoms with van der Waals surface area (Å²) in [4.78, 5) is 22.3. The zero-order valence-corrected chi connectivity index (χ0v) is 9.27. The molecule has 0 fully saturated rings. The average molecular weight is 244 g/mol. The van der Waals surface area contributed by atoms with Crippen molar-refractivity contribution in [2.24, 2.45) is 5.73 Å². The molecule has 0 aliphatic carbocycles. The normalized spacial score (nSPS) is 9.88. The molecule has 1 aromatic rings. The molecule has 7 heteroatoms. The number of carbonyl (C=O) groups excluding carboxylic acids is 1. The number of nitrogens with two attached hydrogens (primary N) is 1. The Balaban J connectivity index is 3.17. The van der Waals surface area contributed by atoms with Gasteiger partial charge in [0.05, 0.1) is 11.5 Å². The van der Waals surface area contributed by atoms with Crippen molar-refractivity contribution in [1.82, 2.24) is 0 Å². The predicted molar refractivity (Wildman–Crippen MR) is 60.6 cm³/mol. The average Bonchev–Trinajstić information content (AvgIpc) is 2.15. The Labute approximate surface area is 96.7 Å². The summed E-state index contributed by atoms with van der Waals surface area (Å²) < 4.78 is 0. The van der Waals surface area contributed by atoms with Crippen LogP contribution in [0, 0.1) is 10.1 Å². The quantitative estimate of drug-likeness (QED) is 0.635. The van der Waals surface area contributed by atoms with Crippen LogP contribution >= 0.6 is 11.6 Å². The highest BCUT2D eigenvalue weighted by Gasteiger charge is 2.21. The van der Waals surface area contributed by atoms with E-state index in [0.717, 1.165) is 0 Å². The van der Waals surface area contributed by atoms with Crippen molar-refractivity contribution in [2.45, 2.75) is 0 Å². The van der Waals surface area contributed by atoms with Gasteiger partial charge in [0, 0.05) is 7.05 Å². The molecular formula is C9H10ClN3O3. The number of carbonyl (C=O) groups is 1. The maximum absolute atomic E-state index is 10.8. The van der Waals surface area contributed by atoms with Gasteiger partial charge in [0.15, 0.2) is 0 Å². The van der Waals surface area contributed by atoms with Crippen LogP contribution in [0.3, 0.4) is 0 Å². The van der Waals surface area contributed by atoms with Crippen LogP contribution in [0.15, 0.2) is 18.2 Å². The van der Waals surface area contributed by atoms with E-state index in [9.17, 15) is 14.9 Å². The molecule has 0 saturated carbocycles. The predicted octanol–water partition coefficient (Wildman–Crippen LogP) is 1.17. The highest BCUT2D eigenvalue weighted by Crippen LogP contribution is 2.34. The molecule has 1 amide bonds. The van der Waals surface area contributed by atoms with Gasteiger partial charge in [-0.3, -0.25) is 14.9 Å². The monoisotopic (exact) mass is 243 g/mol. The van der Waals surface area contributed by atoms with E-state index in [1.54, 1.807) is 6.07 Å². The Hall–Kier alpha value is -1.82. The molecule has 6 nitrogen and oxygen atoms in total. The van der Waals surface area contributed by atoms with Gasteiger partial charge in [-0.05, 0) is 12.1 Å². The Kier molecular flexibility index (Phi) is 3.68. The summed E-state index contributed by atoms with van der Waals surface area (Å²) in [7, 11) is 1.53. The fourth-order valence-electron chi connectivity index (χ4n) is 1.31. The summed E-state index contributed by atoms with van der Waals surface area (Å²) >= 11 is 5.72. The maximum atomic E-state index is 10.8. The highest BCUT2D eigenvalue weighted by molar-refractivity contribution is 6.33. The van der Waals surface area contributed by atoms with E-state index in [0.29, 0.717) is 0 Å². The van der Waals surface area contributed by atoms with Gasteiger partial charge in [0.25, 0.3) is 0 Å². The lowest BCUT2D eigenvalue weighted by Crippen LogP contribution is -2.30. The maximum Gasteiger partial charge on any atom is 0.310 e. The SMILES string of the molecule is CN(CC(N)=O)c1cccc(Cl)c1[N+](=O)[O-]. The molecule has 1 rings (SSSR count). The Morgan fingerprint density at radius 1 is 1.62 bits per heavy atom. The molecule has 0 saturated heterocycles. The molecule has 16 heavy (non-hydrogen) atoms. The number of halogens is 1.